The van der Waals surface area contributed by atoms with Crippen molar-refractivity contribution in [2.24, 2.45) is 0 Å². The molecule has 1 amide bonds. The first-order valence-electron chi connectivity index (χ1n) is 6.64. The van der Waals surface area contributed by atoms with Gasteiger partial charge in [-0.05, 0) is 24.3 Å². The smallest absolute Gasteiger partial charge is 0.341 e. The van der Waals surface area contributed by atoms with E-state index in [0.717, 1.165) is 6.07 Å². The van der Waals surface area contributed by atoms with E-state index in [1.807, 2.05) is 0 Å². The number of hydrogen-bond donors (Lipinski definition) is 1. The Morgan fingerprint density at radius 3 is 2.36 bits per heavy atom. The number of ether oxygens (including phenoxy) is 1. The fourth-order valence-corrected chi connectivity index (χ4v) is 2.56. The summed E-state index contributed by atoms with van der Waals surface area (Å²) in [5.41, 5.74) is -0.538. The van der Waals surface area contributed by atoms with E-state index in [0.29, 0.717) is 0 Å². The third-order valence-corrected chi connectivity index (χ3v) is 3.80. The zero-order valence-electron chi connectivity index (χ0n) is 12.3. The highest BCUT2D eigenvalue weighted by atomic mass is 35.5. The van der Waals surface area contributed by atoms with Crippen LogP contribution in [-0.2, 0) is 9.53 Å². The zero-order chi connectivity index (χ0) is 18.6. The van der Waals surface area contributed by atoms with Crippen LogP contribution in [0.3, 0.4) is 0 Å². The van der Waals surface area contributed by atoms with E-state index >= 15 is 0 Å². The zero-order valence-corrected chi connectivity index (χ0v) is 14.6. The SMILES string of the molecule is O=C(COC(=O)c1c(Cl)cccc1Cl)Nc1ccc(Cl)cc1[N+](=O)[O-]. The molecule has 0 heterocycles. The Bertz CT molecular complexity index is 837. The second-order valence-electron chi connectivity index (χ2n) is 4.64. The molecule has 2 rings (SSSR count). The van der Waals surface area contributed by atoms with Gasteiger partial charge in [-0.3, -0.25) is 14.9 Å². The second kappa shape index (κ2) is 8.15. The summed E-state index contributed by atoms with van der Waals surface area (Å²) in [6.07, 6.45) is 0. The summed E-state index contributed by atoms with van der Waals surface area (Å²) >= 11 is 17.4. The molecule has 0 bridgehead atoms. The van der Waals surface area contributed by atoms with Gasteiger partial charge in [-0.2, -0.15) is 0 Å². The van der Waals surface area contributed by atoms with Crippen LogP contribution in [0.4, 0.5) is 11.4 Å². The van der Waals surface area contributed by atoms with Crippen LogP contribution in [0.25, 0.3) is 0 Å². The van der Waals surface area contributed by atoms with Crippen molar-refractivity contribution in [3.63, 3.8) is 0 Å². The summed E-state index contributed by atoms with van der Waals surface area (Å²) in [5, 5.41) is 13.5. The molecule has 0 aromatic heterocycles. The fraction of sp³-hybridized carbons (Fsp3) is 0.0667. The predicted molar refractivity (Wildman–Crippen MR) is 93.5 cm³/mol. The van der Waals surface area contributed by atoms with Crippen LogP contribution in [0.15, 0.2) is 36.4 Å². The lowest BCUT2D eigenvalue weighted by atomic mass is 10.2. The number of hydrogen-bond acceptors (Lipinski definition) is 5. The highest BCUT2D eigenvalue weighted by Gasteiger charge is 2.19. The molecule has 0 unspecified atom stereocenters. The molecular formula is C15H9Cl3N2O5. The monoisotopic (exact) mass is 402 g/mol. The Morgan fingerprint density at radius 1 is 1.12 bits per heavy atom. The Balaban J connectivity index is 2.04. The minimum atomic E-state index is -0.892. The van der Waals surface area contributed by atoms with Crippen molar-refractivity contribution in [1.29, 1.82) is 0 Å². The van der Waals surface area contributed by atoms with E-state index < -0.39 is 23.4 Å². The molecular weight excluding hydrogens is 395 g/mol. The number of nitro benzene ring substituents is 1. The van der Waals surface area contributed by atoms with Gasteiger partial charge in [-0.1, -0.05) is 40.9 Å². The average Bonchev–Trinajstić information content (AvgIpc) is 2.54. The van der Waals surface area contributed by atoms with Gasteiger partial charge < -0.3 is 10.1 Å². The highest BCUT2D eigenvalue weighted by Crippen LogP contribution is 2.28. The van der Waals surface area contributed by atoms with E-state index in [1.54, 1.807) is 6.07 Å². The van der Waals surface area contributed by atoms with Gasteiger partial charge in [-0.15, -0.1) is 0 Å². The third-order valence-electron chi connectivity index (χ3n) is 2.93. The number of halogens is 3. The van der Waals surface area contributed by atoms with Crippen LogP contribution in [0.1, 0.15) is 10.4 Å². The van der Waals surface area contributed by atoms with Crippen molar-refractivity contribution in [3.8, 4) is 0 Å². The topological polar surface area (TPSA) is 98.5 Å². The Morgan fingerprint density at radius 2 is 1.76 bits per heavy atom. The number of esters is 1. The van der Waals surface area contributed by atoms with E-state index in [1.165, 1.54) is 24.3 Å². The average molecular weight is 404 g/mol. The summed E-state index contributed by atoms with van der Waals surface area (Å²) in [5.74, 6) is -1.67. The molecule has 25 heavy (non-hydrogen) atoms. The predicted octanol–water partition coefficient (Wildman–Crippen LogP) is 4.35. The molecule has 0 saturated carbocycles. The van der Waals surface area contributed by atoms with Gasteiger partial charge in [0.15, 0.2) is 6.61 Å². The Kier molecular flexibility index (Phi) is 6.19. The number of amides is 1. The van der Waals surface area contributed by atoms with Crippen LogP contribution in [-0.4, -0.2) is 23.4 Å². The Labute approximate surface area is 156 Å². The minimum absolute atomic E-state index is 0.0730. The normalized spacial score (nSPS) is 10.2. The number of nitrogens with zero attached hydrogens (tertiary/aromatic N) is 1. The summed E-state index contributed by atoms with van der Waals surface area (Å²) < 4.78 is 4.83. The number of carbonyl (C=O) groups excluding carboxylic acids is 2. The maximum atomic E-state index is 12.0. The van der Waals surface area contributed by atoms with Gasteiger partial charge in [0.1, 0.15) is 5.69 Å². The van der Waals surface area contributed by atoms with Crippen LogP contribution >= 0.6 is 34.8 Å². The largest absolute Gasteiger partial charge is 0.452 e. The summed E-state index contributed by atoms with van der Waals surface area (Å²) in [7, 11) is 0. The van der Waals surface area contributed by atoms with Gasteiger partial charge in [0.05, 0.1) is 20.5 Å². The first-order valence-corrected chi connectivity index (χ1v) is 7.78. The highest BCUT2D eigenvalue weighted by molar-refractivity contribution is 6.39. The molecule has 0 radical (unpaired) electrons. The minimum Gasteiger partial charge on any atom is -0.452 e. The number of carbonyl (C=O) groups is 2. The standard InChI is InChI=1S/C15H9Cl3N2O5/c16-8-4-5-11(12(6-8)20(23)24)19-13(21)7-25-15(22)14-9(17)2-1-3-10(14)18/h1-6H,7H2,(H,19,21). The molecule has 0 atom stereocenters. The molecule has 1 N–H and O–H groups in total. The molecule has 0 saturated heterocycles. The lowest BCUT2D eigenvalue weighted by Gasteiger charge is -2.09. The van der Waals surface area contributed by atoms with Crippen molar-refractivity contribution in [3.05, 3.63) is 67.1 Å². The first kappa shape index (κ1) is 19.0. The number of nitro groups is 1. The van der Waals surface area contributed by atoms with Gasteiger partial charge in [-0.25, -0.2) is 4.79 Å². The molecule has 0 aliphatic rings. The summed E-state index contributed by atoms with van der Waals surface area (Å²) in [6.45, 7) is -0.680. The first-order chi connectivity index (χ1) is 11.8. The van der Waals surface area contributed by atoms with Crippen LogP contribution in [0, 0.1) is 10.1 Å². The van der Waals surface area contributed by atoms with E-state index in [-0.39, 0.29) is 32.0 Å². The maximum Gasteiger partial charge on any atom is 0.341 e. The summed E-state index contributed by atoms with van der Waals surface area (Å²) in [4.78, 5) is 34.1. The lowest BCUT2D eigenvalue weighted by molar-refractivity contribution is -0.383. The van der Waals surface area contributed by atoms with E-state index in [2.05, 4.69) is 5.32 Å². The molecule has 2 aromatic carbocycles. The van der Waals surface area contributed by atoms with Crippen molar-refractivity contribution >= 4 is 58.1 Å². The molecule has 2 aromatic rings. The van der Waals surface area contributed by atoms with E-state index in [4.69, 9.17) is 39.5 Å². The molecule has 0 fully saturated rings. The van der Waals surface area contributed by atoms with E-state index in [9.17, 15) is 19.7 Å². The molecule has 130 valence electrons. The molecule has 0 spiro atoms. The second-order valence-corrected chi connectivity index (χ2v) is 5.89. The molecule has 0 aliphatic heterocycles. The van der Waals surface area contributed by atoms with Gasteiger partial charge in [0.25, 0.3) is 11.6 Å². The number of anilines is 1. The number of nitrogens with one attached hydrogen (secondary N) is 1. The van der Waals surface area contributed by atoms with Gasteiger partial charge >= 0.3 is 5.97 Å². The third kappa shape index (κ3) is 4.82. The van der Waals surface area contributed by atoms with Gasteiger partial charge in [0.2, 0.25) is 0 Å². The van der Waals surface area contributed by atoms with Crippen LogP contribution < -0.4 is 5.32 Å². The van der Waals surface area contributed by atoms with Crippen molar-refractivity contribution in [2.45, 2.75) is 0 Å². The quantitative estimate of drug-likeness (QED) is 0.454. The molecule has 0 aliphatic carbocycles. The van der Waals surface area contributed by atoms with Crippen molar-refractivity contribution < 1.29 is 19.2 Å². The number of benzene rings is 2. The molecule has 7 nitrogen and oxygen atoms in total. The number of rotatable bonds is 5. The Hall–Kier alpha value is -2.35. The van der Waals surface area contributed by atoms with Crippen molar-refractivity contribution in [1.82, 2.24) is 0 Å². The fourth-order valence-electron chi connectivity index (χ4n) is 1.84. The van der Waals surface area contributed by atoms with Crippen molar-refractivity contribution in [2.75, 3.05) is 11.9 Å². The van der Waals surface area contributed by atoms with Gasteiger partial charge in [0, 0.05) is 11.1 Å². The summed E-state index contributed by atoms with van der Waals surface area (Å²) in [6, 6.07) is 8.17. The lowest BCUT2D eigenvalue weighted by Crippen LogP contribution is -2.21. The van der Waals surface area contributed by atoms with Crippen LogP contribution in [0.2, 0.25) is 15.1 Å². The van der Waals surface area contributed by atoms with Crippen LogP contribution in [0.5, 0.6) is 0 Å². The maximum absolute atomic E-state index is 12.0. The molecule has 10 heteroatoms.